The Hall–Kier alpha value is 0.0369. The van der Waals surface area contributed by atoms with E-state index in [1.54, 1.807) is 11.2 Å². The van der Waals surface area contributed by atoms with Crippen LogP contribution in [0.25, 0.3) is 0 Å². The zero-order valence-electron chi connectivity index (χ0n) is 4.93. The Kier molecular flexibility index (Phi) is 1.36. The molecule has 0 radical (unpaired) electrons. The van der Waals surface area contributed by atoms with E-state index in [1.807, 2.05) is 13.1 Å². The van der Waals surface area contributed by atoms with Crippen LogP contribution in [0.4, 0.5) is 0 Å². The van der Waals surface area contributed by atoms with E-state index < -0.39 is 7.47 Å². The van der Waals surface area contributed by atoms with Crippen LogP contribution in [0, 0.1) is 0 Å². The summed E-state index contributed by atoms with van der Waals surface area (Å²) in [4.78, 5) is 10.5. The van der Waals surface area contributed by atoms with Crippen LogP contribution in [0.5, 0.6) is 0 Å². The summed E-state index contributed by atoms with van der Waals surface area (Å²) in [6.07, 6.45) is 0. The second kappa shape index (κ2) is 1.77. The first kappa shape index (κ1) is 6.16. The van der Waals surface area contributed by atoms with Crippen LogP contribution in [-0.2, 0) is 9.22 Å². The van der Waals surface area contributed by atoms with Crippen LogP contribution in [0.15, 0.2) is 0 Å². The summed E-state index contributed by atoms with van der Waals surface area (Å²) in [5, 5.41) is 0. The van der Waals surface area contributed by atoms with Crippen molar-refractivity contribution in [1.82, 2.24) is 0 Å². The van der Waals surface area contributed by atoms with E-state index in [0.29, 0.717) is 5.75 Å². The first-order valence-corrected chi connectivity index (χ1v) is 7.08. The van der Waals surface area contributed by atoms with E-state index in [1.165, 1.54) is 0 Å². The molecule has 0 aromatic heterocycles. The molecule has 1 rings (SSSR count). The molecule has 0 aliphatic carbocycles. The molecule has 8 heavy (non-hydrogen) atoms. The van der Waals surface area contributed by atoms with Crippen molar-refractivity contribution in [3.05, 3.63) is 0 Å². The molecule has 0 amide bonds. The van der Waals surface area contributed by atoms with Gasteiger partial charge < -0.3 is 4.43 Å². The lowest BCUT2D eigenvalue weighted by Crippen LogP contribution is -2.20. The molecule has 0 N–H and O–H groups in total. The van der Waals surface area contributed by atoms with E-state index in [4.69, 9.17) is 4.43 Å². The highest BCUT2D eigenvalue weighted by Crippen LogP contribution is 2.27. The Bertz CT molecular complexity index is 123. The second-order valence-electron chi connectivity index (χ2n) is 2.16. The summed E-state index contributed by atoms with van der Waals surface area (Å²) in [6, 6.07) is 0. The second-order valence-corrected chi connectivity index (χ2v) is 9.56. The van der Waals surface area contributed by atoms with Crippen LogP contribution in [0.3, 0.4) is 0 Å². The molecule has 1 aliphatic rings. The molecule has 1 heterocycles. The van der Waals surface area contributed by atoms with Gasteiger partial charge in [-0.1, -0.05) is 0 Å². The van der Waals surface area contributed by atoms with Crippen LogP contribution in [0.1, 0.15) is 0 Å². The maximum Gasteiger partial charge on any atom is 0.311 e. The van der Waals surface area contributed by atoms with Gasteiger partial charge in [-0.15, -0.1) is 11.2 Å². The van der Waals surface area contributed by atoms with Crippen molar-refractivity contribution in [2.24, 2.45) is 0 Å². The lowest BCUT2D eigenvalue weighted by atomic mass is 10.8. The van der Waals surface area contributed by atoms with Gasteiger partial charge in [0.1, 0.15) is 0 Å². The molecule has 0 spiro atoms. The molecule has 0 unspecified atom stereocenters. The van der Waals surface area contributed by atoms with E-state index in [0.717, 1.165) is 0 Å². The highest BCUT2D eigenvalue weighted by atomic mass is 32.4. The first-order valence-electron chi connectivity index (χ1n) is 2.46. The summed E-state index contributed by atoms with van der Waals surface area (Å²) in [5.41, 5.74) is 0. The predicted molar refractivity (Wildman–Crippen MR) is 36.0 cm³/mol. The Morgan fingerprint density at radius 3 is 2.50 bits per heavy atom. The van der Waals surface area contributed by atoms with Crippen molar-refractivity contribution in [2.45, 2.75) is 13.1 Å². The predicted octanol–water partition coefficient (Wildman–Crippen LogP) is 0.978. The number of rotatable bonds is 0. The molecule has 0 aromatic carbocycles. The fourth-order valence-corrected chi connectivity index (χ4v) is 3.73. The van der Waals surface area contributed by atoms with Crippen LogP contribution >= 0.6 is 11.2 Å². The average Bonchev–Trinajstić information content (AvgIpc) is 1.82. The summed E-state index contributed by atoms with van der Waals surface area (Å²) in [6.45, 7) is 4.06. The Morgan fingerprint density at radius 1 is 1.75 bits per heavy atom. The minimum Gasteiger partial charge on any atom is -0.509 e. The molecule has 0 saturated carbocycles. The maximum absolute atomic E-state index is 10.5. The van der Waals surface area contributed by atoms with E-state index in [2.05, 4.69) is 0 Å². The van der Waals surface area contributed by atoms with Crippen molar-refractivity contribution < 1.29 is 9.22 Å². The number of carbonyl (C=O) groups is 1. The molecular formula is C4H8O2SSi. The molecule has 0 bridgehead atoms. The third kappa shape index (κ3) is 1.26. The van der Waals surface area contributed by atoms with Crippen molar-refractivity contribution in [3.8, 4) is 0 Å². The minimum absolute atomic E-state index is 0.0355. The van der Waals surface area contributed by atoms with Crippen molar-refractivity contribution in [1.29, 1.82) is 0 Å². The number of hydrogen-bond acceptors (Lipinski definition) is 3. The number of carbonyl (C=O) groups excluding carboxylic acids is 1. The molecular weight excluding hydrogens is 140 g/mol. The van der Waals surface area contributed by atoms with Crippen molar-refractivity contribution in [3.63, 3.8) is 0 Å². The van der Waals surface area contributed by atoms with Gasteiger partial charge in [0.05, 0.1) is 5.75 Å². The third-order valence-corrected chi connectivity index (χ3v) is 5.46. The van der Waals surface area contributed by atoms with E-state index >= 15 is 0 Å². The van der Waals surface area contributed by atoms with Crippen LogP contribution < -0.4 is 0 Å². The van der Waals surface area contributed by atoms with Gasteiger partial charge in [-0.05, 0) is 13.1 Å². The quantitative estimate of drug-likeness (QED) is 0.479. The molecule has 0 aromatic rings. The highest BCUT2D eigenvalue weighted by Gasteiger charge is 2.34. The molecule has 2 nitrogen and oxygen atoms in total. The van der Waals surface area contributed by atoms with Gasteiger partial charge in [0.15, 0.2) is 0 Å². The molecule has 4 heteroatoms. The molecule has 1 aliphatic heterocycles. The highest BCUT2D eigenvalue weighted by molar-refractivity contribution is 8.29. The first-order chi connectivity index (χ1) is 3.60. The lowest BCUT2D eigenvalue weighted by molar-refractivity contribution is -0.131. The normalized spacial score (nSPS) is 25.5. The Balaban J connectivity index is 2.56. The number of hydrogen-bond donors (Lipinski definition) is 0. The summed E-state index contributed by atoms with van der Waals surface area (Å²) >= 11 is 1.67. The van der Waals surface area contributed by atoms with Gasteiger partial charge in [0.25, 0.3) is 0 Å². The Labute approximate surface area is 53.4 Å². The summed E-state index contributed by atoms with van der Waals surface area (Å²) < 4.78 is 5.01. The topological polar surface area (TPSA) is 26.3 Å². The van der Waals surface area contributed by atoms with Crippen LogP contribution in [-0.4, -0.2) is 19.2 Å². The fourth-order valence-electron chi connectivity index (χ4n) is 0.566. The minimum atomic E-state index is -1.54. The third-order valence-electron chi connectivity index (χ3n) is 0.897. The average molecular weight is 148 g/mol. The lowest BCUT2D eigenvalue weighted by Gasteiger charge is -2.08. The smallest absolute Gasteiger partial charge is 0.311 e. The van der Waals surface area contributed by atoms with Crippen LogP contribution in [0.2, 0.25) is 13.1 Å². The Morgan fingerprint density at radius 2 is 2.38 bits per heavy atom. The van der Waals surface area contributed by atoms with Crippen molar-refractivity contribution >= 4 is 24.6 Å². The standard InChI is InChI=1S/C4H8O2SSi/c1-8(2)6-4(5)3-7-8/h3H2,1-2H3. The van der Waals surface area contributed by atoms with E-state index in [9.17, 15) is 4.79 Å². The van der Waals surface area contributed by atoms with Gasteiger partial charge in [-0.3, -0.25) is 4.79 Å². The van der Waals surface area contributed by atoms with Gasteiger partial charge in [-0.2, -0.15) is 0 Å². The van der Waals surface area contributed by atoms with E-state index in [-0.39, 0.29) is 5.97 Å². The van der Waals surface area contributed by atoms with Gasteiger partial charge >= 0.3 is 13.4 Å². The fraction of sp³-hybridized carbons (Fsp3) is 0.750. The van der Waals surface area contributed by atoms with Crippen molar-refractivity contribution in [2.75, 3.05) is 5.75 Å². The molecule has 46 valence electrons. The molecule has 0 atom stereocenters. The zero-order valence-corrected chi connectivity index (χ0v) is 6.75. The van der Waals surface area contributed by atoms with Gasteiger partial charge in [0.2, 0.25) is 0 Å². The maximum atomic E-state index is 10.5. The summed E-state index contributed by atoms with van der Waals surface area (Å²) in [7, 11) is -1.54. The summed E-state index contributed by atoms with van der Waals surface area (Å²) in [5.74, 6) is 0.533. The SMILES string of the molecule is C[Si]1(C)OC(=O)CS1. The molecule has 1 fully saturated rings. The van der Waals surface area contributed by atoms with Gasteiger partial charge in [0, 0.05) is 0 Å². The van der Waals surface area contributed by atoms with Gasteiger partial charge in [-0.25, -0.2) is 0 Å². The largest absolute Gasteiger partial charge is 0.509 e. The molecule has 1 saturated heterocycles. The monoisotopic (exact) mass is 148 g/mol. The zero-order chi connectivity index (χ0) is 6.20.